The molecule has 1 heteroatoms. The van der Waals surface area contributed by atoms with Crippen LogP contribution in [0.25, 0.3) is 0 Å². The minimum Gasteiger partial charge on any atom is -0.247 e. The second-order valence-electron chi connectivity index (χ2n) is 7.97. The molecule has 0 radical (unpaired) electrons. The Morgan fingerprint density at radius 2 is 1.29 bits per heavy atom. The highest BCUT2D eigenvalue weighted by atomic mass is 19.1. The molecule has 0 heterocycles. The molecule has 2 rings (SSSR count). The van der Waals surface area contributed by atoms with Crippen LogP contribution in [0.1, 0.15) is 97.3 Å². The van der Waals surface area contributed by atoms with Gasteiger partial charge in [-0.05, 0) is 62.2 Å². The van der Waals surface area contributed by atoms with Gasteiger partial charge in [0.15, 0.2) is 0 Å². The Balaban J connectivity index is 1.65. The van der Waals surface area contributed by atoms with Gasteiger partial charge in [-0.15, -0.1) is 0 Å². The summed E-state index contributed by atoms with van der Waals surface area (Å²) in [7, 11) is 0. The van der Waals surface area contributed by atoms with Gasteiger partial charge in [0, 0.05) is 0 Å². The van der Waals surface area contributed by atoms with Crippen molar-refractivity contribution < 1.29 is 4.39 Å². The second kappa shape index (κ2) is 9.16. The lowest BCUT2D eigenvalue weighted by molar-refractivity contribution is 0.128. The quantitative estimate of drug-likeness (QED) is 0.478. The fourth-order valence-corrected chi connectivity index (χ4v) is 5.04. The molecular weight excluding hydrogens is 259 g/mol. The molecule has 0 aromatic heterocycles. The van der Waals surface area contributed by atoms with E-state index in [0.29, 0.717) is 5.92 Å². The smallest absolute Gasteiger partial charge is 0.100 e. The molecule has 0 spiro atoms. The van der Waals surface area contributed by atoms with E-state index in [4.69, 9.17) is 0 Å². The first-order valence-electron chi connectivity index (χ1n) is 9.86. The number of hydrogen-bond donors (Lipinski definition) is 0. The molecule has 0 bridgehead atoms. The fraction of sp³-hybridized carbons (Fsp3) is 1.00. The molecule has 0 nitrogen and oxygen atoms in total. The Kier molecular flexibility index (Phi) is 7.54. The van der Waals surface area contributed by atoms with Crippen LogP contribution in [0.5, 0.6) is 0 Å². The van der Waals surface area contributed by atoms with E-state index in [-0.39, 0.29) is 0 Å². The molecule has 2 saturated carbocycles. The maximum absolute atomic E-state index is 13.8. The minimum atomic E-state index is -0.527. The molecule has 2 aliphatic carbocycles. The van der Waals surface area contributed by atoms with Gasteiger partial charge in [0.1, 0.15) is 6.17 Å². The molecule has 0 saturated heterocycles. The van der Waals surface area contributed by atoms with Crippen molar-refractivity contribution in [1.29, 1.82) is 0 Å². The summed E-state index contributed by atoms with van der Waals surface area (Å²) in [6, 6.07) is 0. The number of hydrogen-bond acceptors (Lipinski definition) is 0. The molecule has 1 atom stereocenters. The molecule has 0 aromatic rings. The van der Waals surface area contributed by atoms with Crippen LogP contribution in [0.15, 0.2) is 0 Å². The highest BCUT2D eigenvalue weighted by Crippen LogP contribution is 2.43. The average molecular weight is 297 g/mol. The van der Waals surface area contributed by atoms with Gasteiger partial charge in [-0.2, -0.15) is 0 Å². The van der Waals surface area contributed by atoms with Crippen molar-refractivity contribution >= 4 is 0 Å². The van der Waals surface area contributed by atoms with Crippen molar-refractivity contribution in [2.75, 3.05) is 0 Å². The molecule has 124 valence electrons. The fourth-order valence-electron chi connectivity index (χ4n) is 5.04. The predicted octanol–water partition coefficient (Wildman–Crippen LogP) is 6.93. The SMILES string of the molecule is CCCC(F)CC1CCC(C2CCC(CCC)CC2)CC1. The Labute approximate surface area is 132 Å². The molecule has 0 amide bonds. The zero-order chi connectivity index (χ0) is 15.1. The summed E-state index contributed by atoms with van der Waals surface area (Å²) in [5.74, 6) is 3.71. The molecule has 21 heavy (non-hydrogen) atoms. The third-order valence-electron chi connectivity index (χ3n) is 6.34. The van der Waals surface area contributed by atoms with Crippen LogP contribution in [0.3, 0.4) is 0 Å². The third-order valence-corrected chi connectivity index (χ3v) is 6.34. The van der Waals surface area contributed by atoms with Crippen LogP contribution in [0, 0.1) is 23.7 Å². The first-order chi connectivity index (χ1) is 10.2. The summed E-state index contributed by atoms with van der Waals surface area (Å²) < 4.78 is 13.8. The normalized spacial score (nSPS) is 35.6. The van der Waals surface area contributed by atoms with Crippen LogP contribution in [-0.4, -0.2) is 6.17 Å². The van der Waals surface area contributed by atoms with Crippen molar-refractivity contribution in [2.45, 2.75) is 103 Å². The Bertz CT molecular complexity index is 259. The number of halogens is 1. The van der Waals surface area contributed by atoms with Gasteiger partial charge in [-0.1, -0.05) is 58.8 Å². The van der Waals surface area contributed by atoms with E-state index in [1.165, 1.54) is 64.2 Å². The lowest BCUT2D eigenvalue weighted by Crippen LogP contribution is -2.26. The first-order valence-corrected chi connectivity index (χ1v) is 9.86. The summed E-state index contributed by atoms with van der Waals surface area (Å²) >= 11 is 0. The summed E-state index contributed by atoms with van der Waals surface area (Å²) in [6.07, 6.45) is 16.3. The van der Waals surface area contributed by atoms with Crippen LogP contribution in [0.2, 0.25) is 0 Å². The maximum atomic E-state index is 13.8. The average Bonchev–Trinajstić information content (AvgIpc) is 2.49. The number of rotatable bonds is 7. The lowest BCUT2D eigenvalue weighted by atomic mass is 9.68. The van der Waals surface area contributed by atoms with E-state index < -0.39 is 6.17 Å². The van der Waals surface area contributed by atoms with E-state index in [1.54, 1.807) is 0 Å². The van der Waals surface area contributed by atoms with Crippen LogP contribution in [-0.2, 0) is 0 Å². The standard InChI is InChI=1S/C20H37F/c1-3-5-16-7-11-18(12-8-16)19-13-9-17(10-14-19)15-20(21)6-4-2/h16-20H,3-15H2,1-2H3. The van der Waals surface area contributed by atoms with E-state index in [2.05, 4.69) is 13.8 Å². The maximum Gasteiger partial charge on any atom is 0.100 e. The Morgan fingerprint density at radius 1 is 0.762 bits per heavy atom. The zero-order valence-corrected chi connectivity index (χ0v) is 14.5. The monoisotopic (exact) mass is 296 g/mol. The van der Waals surface area contributed by atoms with E-state index >= 15 is 0 Å². The molecule has 1 unspecified atom stereocenters. The van der Waals surface area contributed by atoms with Crippen molar-refractivity contribution in [2.24, 2.45) is 23.7 Å². The topological polar surface area (TPSA) is 0 Å². The second-order valence-corrected chi connectivity index (χ2v) is 7.97. The van der Waals surface area contributed by atoms with E-state index in [0.717, 1.165) is 37.0 Å². The van der Waals surface area contributed by atoms with Crippen molar-refractivity contribution in [3.8, 4) is 0 Å². The van der Waals surface area contributed by atoms with Gasteiger partial charge in [0.25, 0.3) is 0 Å². The van der Waals surface area contributed by atoms with Gasteiger partial charge < -0.3 is 0 Å². The van der Waals surface area contributed by atoms with Crippen molar-refractivity contribution in [3.63, 3.8) is 0 Å². The molecule has 0 aromatic carbocycles. The zero-order valence-electron chi connectivity index (χ0n) is 14.5. The summed E-state index contributed by atoms with van der Waals surface area (Å²) in [5, 5.41) is 0. The summed E-state index contributed by atoms with van der Waals surface area (Å²) in [6.45, 7) is 4.42. The van der Waals surface area contributed by atoms with Gasteiger partial charge >= 0.3 is 0 Å². The molecule has 2 fully saturated rings. The summed E-state index contributed by atoms with van der Waals surface area (Å²) in [5.41, 5.74) is 0. The molecule has 0 N–H and O–H groups in total. The predicted molar refractivity (Wildman–Crippen MR) is 90.2 cm³/mol. The Morgan fingerprint density at radius 3 is 1.76 bits per heavy atom. The van der Waals surface area contributed by atoms with E-state index in [1.807, 2.05) is 0 Å². The van der Waals surface area contributed by atoms with Gasteiger partial charge in [-0.25, -0.2) is 4.39 Å². The molecular formula is C20H37F. The first kappa shape index (κ1) is 17.3. The highest BCUT2D eigenvalue weighted by molar-refractivity contribution is 4.82. The Hall–Kier alpha value is -0.0700. The van der Waals surface area contributed by atoms with Gasteiger partial charge in [0.2, 0.25) is 0 Å². The molecule has 0 aliphatic heterocycles. The highest BCUT2D eigenvalue weighted by Gasteiger charge is 2.31. The van der Waals surface area contributed by atoms with Gasteiger partial charge in [-0.3, -0.25) is 0 Å². The lowest BCUT2D eigenvalue weighted by Gasteiger charge is -2.38. The van der Waals surface area contributed by atoms with Gasteiger partial charge in [0.05, 0.1) is 0 Å². The third kappa shape index (κ3) is 5.57. The number of alkyl halides is 1. The largest absolute Gasteiger partial charge is 0.247 e. The minimum absolute atomic E-state index is 0.527. The summed E-state index contributed by atoms with van der Waals surface area (Å²) in [4.78, 5) is 0. The van der Waals surface area contributed by atoms with Crippen molar-refractivity contribution in [1.82, 2.24) is 0 Å². The van der Waals surface area contributed by atoms with Crippen LogP contribution in [0.4, 0.5) is 4.39 Å². The van der Waals surface area contributed by atoms with Crippen LogP contribution >= 0.6 is 0 Å². The van der Waals surface area contributed by atoms with Crippen molar-refractivity contribution in [3.05, 3.63) is 0 Å². The van der Waals surface area contributed by atoms with E-state index in [9.17, 15) is 4.39 Å². The van der Waals surface area contributed by atoms with Crippen LogP contribution < -0.4 is 0 Å². The molecule has 2 aliphatic rings.